The van der Waals surface area contributed by atoms with Gasteiger partial charge in [0.15, 0.2) is 0 Å². The van der Waals surface area contributed by atoms with Gasteiger partial charge in [-0.25, -0.2) is 9.67 Å². The summed E-state index contributed by atoms with van der Waals surface area (Å²) in [6, 6.07) is 1.92. The molecule has 0 aromatic carbocycles. The van der Waals surface area contributed by atoms with Gasteiger partial charge in [0.2, 0.25) is 0 Å². The number of aromatic nitrogens is 4. The summed E-state index contributed by atoms with van der Waals surface area (Å²) < 4.78 is 1.68. The van der Waals surface area contributed by atoms with Crippen LogP contribution in [0.15, 0.2) is 18.5 Å². The second-order valence-corrected chi connectivity index (χ2v) is 3.13. The van der Waals surface area contributed by atoms with Crippen LogP contribution < -0.4 is 5.73 Å². The zero-order valence-electron chi connectivity index (χ0n) is 8.10. The van der Waals surface area contributed by atoms with Gasteiger partial charge in [0, 0.05) is 18.8 Å². The van der Waals surface area contributed by atoms with Gasteiger partial charge in [0.05, 0.1) is 11.9 Å². The van der Waals surface area contributed by atoms with Crippen molar-refractivity contribution in [3.63, 3.8) is 0 Å². The molecule has 2 aromatic heterocycles. The molecule has 0 radical (unpaired) electrons. The van der Waals surface area contributed by atoms with Gasteiger partial charge in [-0.1, -0.05) is 5.21 Å². The number of rotatable bonds is 1. The van der Waals surface area contributed by atoms with Gasteiger partial charge in [0.1, 0.15) is 5.82 Å². The molecule has 0 amide bonds. The van der Waals surface area contributed by atoms with Crippen LogP contribution in [0.1, 0.15) is 5.56 Å². The van der Waals surface area contributed by atoms with Crippen molar-refractivity contribution in [3.05, 3.63) is 24.0 Å². The van der Waals surface area contributed by atoms with Crippen molar-refractivity contribution in [1.82, 2.24) is 20.0 Å². The normalized spacial score (nSPS) is 10.4. The van der Waals surface area contributed by atoms with E-state index >= 15 is 0 Å². The molecule has 5 nitrogen and oxygen atoms in total. The molecule has 72 valence electrons. The number of nitrogen functional groups attached to an aromatic ring is 1. The monoisotopic (exact) mass is 189 g/mol. The summed E-state index contributed by atoms with van der Waals surface area (Å²) in [7, 11) is 1.83. The summed E-state index contributed by atoms with van der Waals surface area (Å²) in [6.45, 7) is 1.99. The number of hydrogen-bond donors (Lipinski definition) is 1. The molecule has 14 heavy (non-hydrogen) atoms. The lowest BCUT2D eigenvalue weighted by Gasteiger charge is -2.06. The second-order valence-electron chi connectivity index (χ2n) is 3.13. The van der Waals surface area contributed by atoms with Crippen molar-refractivity contribution in [1.29, 1.82) is 0 Å². The predicted molar refractivity (Wildman–Crippen MR) is 53.4 cm³/mol. The summed E-state index contributed by atoms with van der Waals surface area (Å²) in [4.78, 5) is 4.05. The highest BCUT2D eigenvalue weighted by Crippen LogP contribution is 2.25. The number of anilines is 1. The minimum Gasteiger partial charge on any atom is -0.383 e. The van der Waals surface area contributed by atoms with Crippen LogP contribution >= 0.6 is 0 Å². The molecular formula is C9H11N5. The molecule has 0 bridgehead atoms. The lowest BCUT2D eigenvalue weighted by Crippen LogP contribution is -2.00. The summed E-state index contributed by atoms with van der Waals surface area (Å²) in [5.74, 6) is 0.510. The van der Waals surface area contributed by atoms with Crippen LogP contribution in [0.5, 0.6) is 0 Å². The van der Waals surface area contributed by atoms with Gasteiger partial charge in [-0.15, -0.1) is 5.10 Å². The second kappa shape index (κ2) is 3.10. The molecule has 5 heteroatoms. The maximum Gasteiger partial charge on any atom is 0.133 e. The van der Waals surface area contributed by atoms with Crippen LogP contribution in [-0.2, 0) is 7.05 Å². The number of hydrogen-bond acceptors (Lipinski definition) is 4. The highest BCUT2D eigenvalue weighted by molar-refractivity contribution is 5.73. The lowest BCUT2D eigenvalue weighted by molar-refractivity contribution is 0.720. The third-order valence-electron chi connectivity index (χ3n) is 2.16. The first kappa shape index (κ1) is 8.68. The van der Waals surface area contributed by atoms with Crippen molar-refractivity contribution < 1.29 is 0 Å². The Morgan fingerprint density at radius 2 is 2.21 bits per heavy atom. The molecule has 0 atom stereocenters. The molecular weight excluding hydrogens is 178 g/mol. The Morgan fingerprint density at radius 1 is 1.43 bits per heavy atom. The first-order chi connectivity index (χ1) is 6.70. The smallest absolute Gasteiger partial charge is 0.133 e. The van der Waals surface area contributed by atoms with Crippen LogP contribution in [0.2, 0.25) is 0 Å². The third-order valence-corrected chi connectivity index (χ3v) is 2.16. The van der Waals surface area contributed by atoms with Gasteiger partial charge in [-0.05, 0) is 18.6 Å². The average molecular weight is 189 g/mol. The van der Waals surface area contributed by atoms with E-state index in [4.69, 9.17) is 5.73 Å². The topological polar surface area (TPSA) is 69.6 Å². The van der Waals surface area contributed by atoms with Crippen LogP contribution in [0, 0.1) is 6.92 Å². The Kier molecular flexibility index (Phi) is 1.92. The Morgan fingerprint density at radius 3 is 2.79 bits per heavy atom. The quantitative estimate of drug-likeness (QED) is 0.719. The van der Waals surface area contributed by atoms with E-state index in [1.807, 2.05) is 20.0 Å². The molecule has 2 rings (SSSR count). The van der Waals surface area contributed by atoms with Crippen LogP contribution in [0.25, 0.3) is 11.3 Å². The molecule has 0 saturated heterocycles. The van der Waals surface area contributed by atoms with Gasteiger partial charge in [-0.3, -0.25) is 0 Å². The molecule has 0 aliphatic carbocycles. The van der Waals surface area contributed by atoms with E-state index in [1.165, 1.54) is 0 Å². The molecule has 0 fully saturated rings. The Balaban J connectivity index is 2.68. The van der Waals surface area contributed by atoms with Gasteiger partial charge < -0.3 is 5.73 Å². The maximum absolute atomic E-state index is 5.80. The summed E-state index contributed by atoms with van der Waals surface area (Å²) in [5.41, 5.74) is 8.66. The molecule has 0 spiro atoms. The fourth-order valence-electron chi connectivity index (χ4n) is 1.43. The SMILES string of the molecule is Cc1ccnc(N)c1-c1cnnn1C. The van der Waals surface area contributed by atoms with Crippen LogP contribution in [-0.4, -0.2) is 20.0 Å². The lowest BCUT2D eigenvalue weighted by atomic mass is 10.1. The third kappa shape index (κ3) is 1.22. The highest BCUT2D eigenvalue weighted by Gasteiger charge is 2.10. The van der Waals surface area contributed by atoms with Crippen molar-refractivity contribution in [2.45, 2.75) is 6.92 Å². The zero-order valence-corrected chi connectivity index (χ0v) is 8.10. The number of aryl methyl sites for hydroxylation is 2. The minimum absolute atomic E-state index is 0.510. The summed E-state index contributed by atoms with van der Waals surface area (Å²) in [5, 5.41) is 7.67. The van der Waals surface area contributed by atoms with E-state index in [1.54, 1.807) is 17.1 Å². The number of nitrogens with zero attached hydrogens (tertiary/aromatic N) is 4. The van der Waals surface area contributed by atoms with E-state index in [0.717, 1.165) is 16.8 Å². The van der Waals surface area contributed by atoms with Crippen molar-refractivity contribution in [2.24, 2.45) is 7.05 Å². The largest absolute Gasteiger partial charge is 0.383 e. The standard InChI is InChI=1S/C9H11N5/c1-6-3-4-11-9(10)8(6)7-5-12-13-14(7)2/h3-5H,1-2H3,(H2,10,11). The van der Waals surface area contributed by atoms with Crippen LogP contribution in [0.4, 0.5) is 5.82 Å². The molecule has 2 aromatic rings. The molecule has 2 heterocycles. The van der Waals surface area contributed by atoms with E-state index < -0.39 is 0 Å². The predicted octanol–water partition coefficient (Wildman–Crippen LogP) is 0.768. The Labute approximate surface area is 81.6 Å². The minimum atomic E-state index is 0.510. The van der Waals surface area contributed by atoms with Crippen molar-refractivity contribution in [3.8, 4) is 11.3 Å². The molecule has 0 unspecified atom stereocenters. The fraction of sp³-hybridized carbons (Fsp3) is 0.222. The highest BCUT2D eigenvalue weighted by atomic mass is 15.4. The number of pyridine rings is 1. The van der Waals surface area contributed by atoms with Crippen molar-refractivity contribution in [2.75, 3.05) is 5.73 Å². The fourth-order valence-corrected chi connectivity index (χ4v) is 1.43. The maximum atomic E-state index is 5.80. The van der Waals surface area contributed by atoms with Crippen LogP contribution in [0.3, 0.4) is 0 Å². The Bertz CT molecular complexity index is 440. The van der Waals surface area contributed by atoms with Gasteiger partial charge >= 0.3 is 0 Å². The van der Waals surface area contributed by atoms with E-state index in [2.05, 4.69) is 15.3 Å². The van der Waals surface area contributed by atoms with E-state index in [9.17, 15) is 0 Å². The first-order valence-electron chi connectivity index (χ1n) is 4.26. The first-order valence-corrected chi connectivity index (χ1v) is 4.26. The van der Waals surface area contributed by atoms with Gasteiger partial charge in [-0.2, -0.15) is 0 Å². The molecule has 0 saturated carbocycles. The van der Waals surface area contributed by atoms with Crippen molar-refractivity contribution >= 4 is 5.82 Å². The summed E-state index contributed by atoms with van der Waals surface area (Å²) in [6.07, 6.45) is 3.37. The molecule has 0 aliphatic heterocycles. The Hall–Kier alpha value is -1.91. The molecule has 2 N–H and O–H groups in total. The zero-order chi connectivity index (χ0) is 10.1. The van der Waals surface area contributed by atoms with Gasteiger partial charge in [0.25, 0.3) is 0 Å². The molecule has 0 aliphatic rings. The number of nitrogens with two attached hydrogens (primary N) is 1. The van der Waals surface area contributed by atoms with E-state index in [-0.39, 0.29) is 0 Å². The van der Waals surface area contributed by atoms with E-state index in [0.29, 0.717) is 5.82 Å². The summed E-state index contributed by atoms with van der Waals surface area (Å²) >= 11 is 0. The average Bonchev–Trinajstić information content (AvgIpc) is 2.52.